The van der Waals surface area contributed by atoms with E-state index in [1.165, 1.54) is 0 Å². The first kappa shape index (κ1) is 15.3. The van der Waals surface area contributed by atoms with E-state index in [4.69, 9.17) is 5.11 Å². The van der Waals surface area contributed by atoms with Crippen LogP contribution in [-0.4, -0.2) is 34.6 Å². The van der Waals surface area contributed by atoms with Crippen LogP contribution in [0.5, 0.6) is 0 Å². The van der Waals surface area contributed by atoms with E-state index in [2.05, 4.69) is 0 Å². The fourth-order valence-electron chi connectivity index (χ4n) is 2.37. The Morgan fingerprint density at radius 2 is 1.95 bits per heavy atom. The minimum Gasteiger partial charge on any atom is -0.481 e. The Balaban J connectivity index is 2.09. The predicted octanol–water partition coefficient (Wildman–Crippen LogP) is 2.15. The fourth-order valence-corrected chi connectivity index (χ4v) is 2.37. The average Bonchev–Trinajstić information content (AvgIpc) is 2.42. The Labute approximate surface area is 119 Å². The van der Waals surface area contributed by atoms with Gasteiger partial charge in [0.15, 0.2) is 0 Å². The molecule has 0 atom stereocenters. The van der Waals surface area contributed by atoms with Gasteiger partial charge in [-0.2, -0.15) is 13.2 Å². The summed E-state index contributed by atoms with van der Waals surface area (Å²) in [4.78, 5) is 22.5. The van der Waals surface area contributed by atoms with E-state index in [0.29, 0.717) is 18.4 Å². The van der Waals surface area contributed by atoms with Crippen LogP contribution in [0.3, 0.4) is 0 Å². The SMILES string of the molecule is O=C(O)CCc1ccc2c(c1)CCN(C(=O)C(F)(F)F)C2. The Hall–Kier alpha value is -2.05. The monoisotopic (exact) mass is 301 g/mol. The highest BCUT2D eigenvalue weighted by Gasteiger charge is 2.43. The molecule has 0 saturated heterocycles. The second-order valence-corrected chi connectivity index (χ2v) is 4.97. The van der Waals surface area contributed by atoms with Gasteiger partial charge in [-0.05, 0) is 29.5 Å². The summed E-state index contributed by atoms with van der Waals surface area (Å²) < 4.78 is 37.2. The normalized spacial score (nSPS) is 14.7. The number of carboxylic acid groups (broad SMARTS) is 1. The van der Waals surface area contributed by atoms with E-state index in [9.17, 15) is 22.8 Å². The number of amides is 1. The Morgan fingerprint density at radius 1 is 1.24 bits per heavy atom. The standard InChI is InChI=1S/C14H14F3NO3/c15-14(16,17)13(21)18-6-5-10-7-9(2-4-12(19)20)1-3-11(10)8-18/h1,3,7H,2,4-6,8H2,(H,19,20). The molecule has 1 aromatic carbocycles. The lowest BCUT2D eigenvalue weighted by Crippen LogP contribution is -2.43. The second kappa shape index (κ2) is 5.75. The van der Waals surface area contributed by atoms with Crippen LogP contribution in [0.15, 0.2) is 18.2 Å². The van der Waals surface area contributed by atoms with Crippen LogP contribution in [0.4, 0.5) is 13.2 Å². The third-order valence-electron chi connectivity index (χ3n) is 3.44. The van der Waals surface area contributed by atoms with Gasteiger partial charge in [-0.1, -0.05) is 18.2 Å². The first-order valence-electron chi connectivity index (χ1n) is 6.46. The van der Waals surface area contributed by atoms with Crippen LogP contribution in [0, 0.1) is 0 Å². The van der Waals surface area contributed by atoms with E-state index in [-0.39, 0.29) is 19.5 Å². The number of fused-ring (bicyclic) bond motifs is 1. The maximum Gasteiger partial charge on any atom is 0.471 e. The summed E-state index contributed by atoms with van der Waals surface area (Å²) in [6, 6.07) is 5.18. The Bertz CT molecular complexity index is 569. The number of carboxylic acids is 1. The predicted molar refractivity (Wildman–Crippen MR) is 67.6 cm³/mol. The van der Waals surface area contributed by atoms with E-state index < -0.39 is 18.1 Å². The molecular formula is C14H14F3NO3. The van der Waals surface area contributed by atoms with Crippen molar-refractivity contribution in [1.82, 2.24) is 4.90 Å². The molecule has 1 aromatic rings. The van der Waals surface area contributed by atoms with Crippen molar-refractivity contribution in [2.75, 3.05) is 6.54 Å². The number of carbonyl (C=O) groups excluding carboxylic acids is 1. The van der Waals surface area contributed by atoms with Gasteiger partial charge in [0, 0.05) is 19.5 Å². The van der Waals surface area contributed by atoms with E-state index in [0.717, 1.165) is 16.0 Å². The number of nitrogens with zero attached hydrogens (tertiary/aromatic N) is 1. The zero-order valence-electron chi connectivity index (χ0n) is 11.1. The largest absolute Gasteiger partial charge is 0.481 e. The minimum absolute atomic E-state index is 0.0114. The summed E-state index contributed by atoms with van der Waals surface area (Å²) in [7, 11) is 0. The first-order chi connectivity index (χ1) is 9.77. The molecule has 0 saturated carbocycles. The Morgan fingerprint density at radius 3 is 2.57 bits per heavy atom. The van der Waals surface area contributed by atoms with Crippen molar-refractivity contribution in [3.05, 3.63) is 34.9 Å². The molecule has 114 valence electrons. The lowest BCUT2D eigenvalue weighted by Gasteiger charge is -2.29. The molecule has 0 radical (unpaired) electrons. The fraction of sp³-hybridized carbons (Fsp3) is 0.429. The van der Waals surface area contributed by atoms with Crippen molar-refractivity contribution in [3.8, 4) is 0 Å². The molecule has 0 fully saturated rings. The zero-order valence-corrected chi connectivity index (χ0v) is 11.1. The van der Waals surface area contributed by atoms with Crippen LogP contribution in [0.2, 0.25) is 0 Å². The van der Waals surface area contributed by atoms with Crippen molar-refractivity contribution in [3.63, 3.8) is 0 Å². The number of rotatable bonds is 3. The minimum atomic E-state index is -4.85. The van der Waals surface area contributed by atoms with Gasteiger partial charge < -0.3 is 10.0 Å². The number of alkyl halides is 3. The van der Waals surface area contributed by atoms with Crippen molar-refractivity contribution in [2.45, 2.75) is 32.0 Å². The first-order valence-corrected chi connectivity index (χ1v) is 6.46. The molecule has 1 heterocycles. The Kier molecular flexibility index (Phi) is 4.20. The van der Waals surface area contributed by atoms with Crippen LogP contribution in [0.1, 0.15) is 23.1 Å². The van der Waals surface area contributed by atoms with Gasteiger partial charge in [0.05, 0.1) is 0 Å². The summed E-state index contributed by atoms with van der Waals surface area (Å²) in [5, 5.41) is 8.63. The molecule has 0 aromatic heterocycles. The third kappa shape index (κ3) is 3.74. The van der Waals surface area contributed by atoms with Gasteiger partial charge >= 0.3 is 18.1 Å². The van der Waals surface area contributed by atoms with Crippen molar-refractivity contribution in [2.24, 2.45) is 0 Å². The molecule has 0 unspecified atom stereocenters. The highest BCUT2D eigenvalue weighted by atomic mass is 19.4. The van der Waals surface area contributed by atoms with Crippen molar-refractivity contribution < 1.29 is 27.9 Å². The van der Waals surface area contributed by atoms with Gasteiger partial charge in [0.1, 0.15) is 0 Å². The van der Waals surface area contributed by atoms with Crippen molar-refractivity contribution in [1.29, 1.82) is 0 Å². The molecular weight excluding hydrogens is 287 g/mol. The quantitative estimate of drug-likeness (QED) is 0.930. The summed E-state index contributed by atoms with van der Waals surface area (Å²) in [5.74, 6) is -2.71. The van der Waals surface area contributed by atoms with Gasteiger partial charge in [-0.15, -0.1) is 0 Å². The number of aryl methyl sites for hydroxylation is 1. The molecule has 1 N–H and O–H groups in total. The zero-order chi connectivity index (χ0) is 15.6. The van der Waals surface area contributed by atoms with Crippen LogP contribution in [-0.2, 0) is 29.0 Å². The maximum absolute atomic E-state index is 12.4. The summed E-state index contributed by atoms with van der Waals surface area (Å²) in [6.07, 6.45) is -4.11. The van der Waals surface area contributed by atoms with Gasteiger partial charge in [-0.3, -0.25) is 9.59 Å². The summed E-state index contributed by atoms with van der Waals surface area (Å²) >= 11 is 0. The third-order valence-corrected chi connectivity index (χ3v) is 3.44. The second-order valence-electron chi connectivity index (χ2n) is 4.97. The van der Waals surface area contributed by atoms with Gasteiger partial charge in [0.2, 0.25) is 0 Å². The smallest absolute Gasteiger partial charge is 0.471 e. The average molecular weight is 301 g/mol. The van der Waals surface area contributed by atoms with Gasteiger partial charge in [-0.25, -0.2) is 0 Å². The molecule has 0 aliphatic carbocycles. The lowest BCUT2D eigenvalue weighted by molar-refractivity contribution is -0.186. The highest BCUT2D eigenvalue weighted by molar-refractivity contribution is 5.82. The number of halogens is 3. The topological polar surface area (TPSA) is 57.6 Å². The maximum atomic E-state index is 12.4. The molecule has 4 nitrogen and oxygen atoms in total. The van der Waals surface area contributed by atoms with E-state index in [1.54, 1.807) is 12.1 Å². The molecule has 0 bridgehead atoms. The van der Waals surface area contributed by atoms with E-state index >= 15 is 0 Å². The van der Waals surface area contributed by atoms with Crippen LogP contribution >= 0.6 is 0 Å². The van der Waals surface area contributed by atoms with Gasteiger partial charge in [0.25, 0.3) is 0 Å². The van der Waals surface area contributed by atoms with Crippen LogP contribution in [0.25, 0.3) is 0 Å². The van der Waals surface area contributed by atoms with Crippen LogP contribution < -0.4 is 0 Å². The summed E-state index contributed by atoms with van der Waals surface area (Å²) in [6.45, 7) is -0.0411. The van der Waals surface area contributed by atoms with Crippen molar-refractivity contribution >= 4 is 11.9 Å². The molecule has 21 heavy (non-hydrogen) atoms. The number of hydrogen-bond donors (Lipinski definition) is 1. The summed E-state index contributed by atoms with van der Waals surface area (Å²) in [5.41, 5.74) is 2.40. The molecule has 1 aliphatic heterocycles. The number of benzene rings is 1. The van der Waals surface area contributed by atoms with E-state index in [1.807, 2.05) is 6.07 Å². The molecule has 1 amide bonds. The number of carbonyl (C=O) groups is 2. The highest BCUT2D eigenvalue weighted by Crippen LogP contribution is 2.25. The molecule has 7 heteroatoms. The number of hydrogen-bond acceptors (Lipinski definition) is 2. The molecule has 1 aliphatic rings. The molecule has 0 spiro atoms. The lowest BCUT2D eigenvalue weighted by atomic mass is 9.95. The molecule has 2 rings (SSSR count). The number of aliphatic carboxylic acids is 1.